The van der Waals surface area contributed by atoms with E-state index in [0.717, 1.165) is 33.5 Å². The molecule has 1 heterocycles. The molecule has 1 amide bonds. The average Bonchev–Trinajstić information content (AvgIpc) is 2.76. The first-order valence-corrected chi connectivity index (χ1v) is 8.20. The molecule has 0 aliphatic carbocycles. The standard InChI is InChI=1S/C20H22N4O/c1-11-5-6-14(18(22)23-12(2)21)9-15(11)13-7-8-16-17(10-13)24-19(25)20(16,3)4/h5-10H,1-4H3,(H,24,25)(H3,21,22,23)/p+1. The van der Waals surface area contributed by atoms with Crippen LogP contribution in [0.4, 0.5) is 5.69 Å². The number of benzene rings is 2. The largest absolute Gasteiger partial charge is 0.367 e. The Morgan fingerprint density at radius 3 is 2.60 bits per heavy atom. The van der Waals surface area contributed by atoms with Crippen LogP contribution < -0.4 is 16.5 Å². The third kappa shape index (κ3) is 2.93. The fourth-order valence-electron chi connectivity index (χ4n) is 3.11. The summed E-state index contributed by atoms with van der Waals surface area (Å²) in [5, 5.41) is 9.00. The summed E-state index contributed by atoms with van der Waals surface area (Å²) in [5.41, 5.74) is 11.0. The highest BCUT2D eigenvalue weighted by molar-refractivity contribution is 6.06. The Bertz CT molecular complexity index is 921. The van der Waals surface area contributed by atoms with Gasteiger partial charge in [0.2, 0.25) is 11.7 Å². The lowest BCUT2D eigenvalue weighted by Gasteiger charge is -2.15. The number of carbonyl (C=O) groups is 1. The Balaban J connectivity index is 2.06. The van der Waals surface area contributed by atoms with Crippen LogP contribution in [0.3, 0.4) is 0 Å². The number of fused-ring (bicyclic) bond motifs is 1. The van der Waals surface area contributed by atoms with Crippen LogP contribution >= 0.6 is 0 Å². The molecular formula is C20H23N4O+. The molecule has 128 valence electrons. The topological polar surface area (TPSA) is 93.1 Å². The van der Waals surface area contributed by atoms with Gasteiger partial charge in [0.1, 0.15) is 0 Å². The fourth-order valence-corrected chi connectivity index (χ4v) is 3.11. The SMILES string of the molecule is CC(N)=NC(=[NH2+])c1ccc(C)c(-c2ccc3c(c2)NC(=O)C3(C)C)c1. The number of amidine groups is 2. The maximum Gasteiger partial charge on any atom is 0.323 e. The number of nitrogens with zero attached hydrogens (tertiary/aromatic N) is 1. The lowest BCUT2D eigenvalue weighted by atomic mass is 9.85. The molecule has 0 saturated heterocycles. The third-order valence-corrected chi connectivity index (χ3v) is 4.65. The van der Waals surface area contributed by atoms with Gasteiger partial charge in [0.25, 0.3) is 0 Å². The van der Waals surface area contributed by atoms with Gasteiger partial charge in [-0.25, -0.2) is 0 Å². The van der Waals surface area contributed by atoms with Crippen LogP contribution in [0.2, 0.25) is 0 Å². The first-order chi connectivity index (χ1) is 11.7. The van der Waals surface area contributed by atoms with Crippen LogP contribution in [0.25, 0.3) is 11.1 Å². The molecule has 0 saturated carbocycles. The van der Waals surface area contributed by atoms with E-state index in [0.29, 0.717) is 11.7 Å². The Morgan fingerprint density at radius 1 is 1.20 bits per heavy atom. The van der Waals surface area contributed by atoms with Crippen LogP contribution in [-0.4, -0.2) is 17.6 Å². The number of aliphatic imine (C=N–C) groups is 1. The van der Waals surface area contributed by atoms with Crippen LogP contribution in [0.1, 0.15) is 37.5 Å². The number of nitrogens with two attached hydrogens (primary N) is 2. The van der Waals surface area contributed by atoms with Crippen molar-refractivity contribution < 1.29 is 10.2 Å². The highest BCUT2D eigenvalue weighted by Crippen LogP contribution is 2.40. The molecule has 2 aromatic rings. The van der Waals surface area contributed by atoms with Crippen molar-refractivity contribution in [1.29, 1.82) is 0 Å². The summed E-state index contributed by atoms with van der Waals surface area (Å²) in [6, 6.07) is 12.0. The molecule has 2 aromatic carbocycles. The maximum absolute atomic E-state index is 12.2. The van der Waals surface area contributed by atoms with Gasteiger partial charge >= 0.3 is 5.84 Å². The van der Waals surface area contributed by atoms with Crippen LogP contribution in [0.5, 0.6) is 0 Å². The monoisotopic (exact) mass is 335 g/mol. The second-order valence-corrected chi connectivity index (χ2v) is 7.01. The quantitative estimate of drug-likeness (QED) is 0.576. The van der Waals surface area contributed by atoms with Crippen molar-refractivity contribution in [2.75, 3.05) is 5.32 Å². The van der Waals surface area contributed by atoms with Gasteiger partial charge in [0.15, 0.2) is 0 Å². The summed E-state index contributed by atoms with van der Waals surface area (Å²) in [7, 11) is 0. The number of hydrogen-bond acceptors (Lipinski definition) is 1. The van der Waals surface area contributed by atoms with Crippen molar-refractivity contribution >= 4 is 23.3 Å². The Labute approximate surface area is 147 Å². The summed E-state index contributed by atoms with van der Waals surface area (Å²) < 4.78 is 0. The Hall–Kier alpha value is -2.95. The molecule has 5 heteroatoms. The summed E-state index contributed by atoms with van der Waals surface area (Å²) in [6.45, 7) is 7.61. The van der Waals surface area contributed by atoms with Crippen LogP contribution in [0.15, 0.2) is 41.4 Å². The predicted octanol–water partition coefficient (Wildman–Crippen LogP) is 1.77. The zero-order valence-electron chi connectivity index (χ0n) is 15.0. The van der Waals surface area contributed by atoms with Gasteiger partial charge in [0, 0.05) is 12.6 Å². The van der Waals surface area contributed by atoms with E-state index in [-0.39, 0.29) is 5.91 Å². The van der Waals surface area contributed by atoms with Gasteiger partial charge in [-0.1, -0.05) is 18.2 Å². The highest BCUT2D eigenvalue weighted by Gasteiger charge is 2.38. The molecule has 25 heavy (non-hydrogen) atoms. The molecule has 0 spiro atoms. The van der Waals surface area contributed by atoms with Gasteiger partial charge in [-0.3, -0.25) is 10.2 Å². The summed E-state index contributed by atoms with van der Waals surface area (Å²) in [5.74, 6) is 0.828. The van der Waals surface area contributed by atoms with Crippen molar-refractivity contribution in [3.05, 3.63) is 53.1 Å². The molecule has 0 unspecified atom stereocenters. The zero-order valence-corrected chi connectivity index (χ0v) is 15.0. The average molecular weight is 335 g/mol. The molecule has 0 atom stereocenters. The van der Waals surface area contributed by atoms with Crippen LogP contribution in [0, 0.1) is 6.92 Å². The Morgan fingerprint density at radius 2 is 1.92 bits per heavy atom. The van der Waals surface area contributed by atoms with Gasteiger partial charge in [0.05, 0.1) is 11.0 Å². The number of aryl methyl sites for hydroxylation is 1. The highest BCUT2D eigenvalue weighted by atomic mass is 16.2. The van der Waals surface area contributed by atoms with Crippen molar-refractivity contribution in [3.8, 4) is 11.1 Å². The number of hydrogen-bond donors (Lipinski definition) is 3. The van der Waals surface area contributed by atoms with E-state index in [9.17, 15) is 4.79 Å². The first kappa shape index (κ1) is 16.9. The minimum Gasteiger partial charge on any atom is -0.367 e. The fraction of sp³-hybridized carbons (Fsp3) is 0.250. The number of nitrogens with one attached hydrogen (secondary N) is 1. The molecule has 0 aromatic heterocycles. The lowest BCUT2D eigenvalue weighted by Crippen LogP contribution is -2.40. The van der Waals surface area contributed by atoms with E-state index in [1.54, 1.807) is 6.92 Å². The minimum absolute atomic E-state index is 0.0236. The van der Waals surface area contributed by atoms with E-state index in [1.165, 1.54) is 0 Å². The van der Waals surface area contributed by atoms with Crippen molar-refractivity contribution in [1.82, 2.24) is 0 Å². The van der Waals surface area contributed by atoms with Crippen molar-refractivity contribution in [2.45, 2.75) is 33.1 Å². The lowest BCUT2D eigenvalue weighted by molar-refractivity contribution is -0.119. The van der Waals surface area contributed by atoms with E-state index < -0.39 is 5.41 Å². The molecule has 1 aliphatic heterocycles. The molecule has 3 rings (SSSR count). The predicted molar refractivity (Wildman–Crippen MR) is 102 cm³/mol. The Kier molecular flexibility index (Phi) is 3.95. The number of amides is 1. The number of carbonyl (C=O) groups excluding carboxylic acids is 1. The molecule has 1 aliphatic rings. The molecule has 0 fully saturated rings. The number of rotatable bonds is 2. The second kappa shape index (κ2) is 5.84. The van der Waals surface area contributed by atoms with E-state index >= 15 is 0 Å². The third-order valence-electron chi connectivity index (χ3n) is 4.65. The molecule has 0 radical (unpaired) electrons. The smallest absolute Gasteiger partial charge is 0.323 e. The normalized spacial score (nSPS) is 15.7. The molecular weight excluding hydrogens is 312 g/mol. The van der Waals surface area contributed by atoms with Gasteiger partial charge in [-0.15, -0.1) is 0 Å². The van der Waals surface area contributed by atoms with Gasteiger partial charge < -0.3 is 11.1 Å². The van der Waals surface area contributed by atoms with E-state index in [1.807, 2.05) is 57.2 Å². The minimum atomic E-state index is -0.504. The maximum atomic E-state index is 12.2. The first-order valence-electron chi connectivity index (χ1n) is 8.20. The second-order valence-electron chi connectivity index (χ2n) is 7.01. The van der Waals surface area contributed by atoms with Crippen LogP contribution in [-0.2, 0) is 10.2 Å². The molecule has 0 bridgehead atoms. The molecule has 5 nitrogen and oxygen atoms in total. The van der Waals surface area contributed by atoms with E-state index in [2.05, 4.69) is 10.3 Å². The summed E-state index contributed by atoms with van der Waals surface area (Å²) in [6.07, 6.45) is 0. The number of anilines is 1. The summed E-state index contributed by atoms with van der Waals surface area (Å²) in [4.78, 5) is 16.3. The van der Waals surface area contributed by atoms with Crippen molar-refractivity contribution in [3.63, 3.8) is 0 Å². The summed E-state index contributed by atoms with van der Waals surface area (Å²) >= 11 is 0. The molecule has 5 N–H and O–H groups in total. The van der Waals surface area contributed by atoms with E-state index in [4.69, 9.17) is 11.1 Å². The van der Waals surface area contributed by atoms with Gasteiger partial charge in [-0.2, -0.15) is 0 Å². The van der Waals surface area contributed by atoms with Gasteiger partial charge in [-0.05, 0) is 66.2 Å². The van der Waals surface area contributed by atoms with Crippen molar-refractivity contribution in [2.24, 2.45) is 10.7 Å². The zero-order chi connectivity index (χ0) is 18.4.